The number of para-hydroxylation sites is 1. The van der Waals surface area contributed by atoms with Gasteiger partial charge >= 0.3 is 5.97 Å². The van der Waals surface area contributed by atoms with E-state index in [-0.39, 0.29) is 12.5 Å². The van der Waals surface area contributed by atoms with Gasteiger partial charge in [-0.05, 0) is 56.5 Å². The molecule has 0 aliphatic carbocycles. The number of carbonyl (C=O) groups excluding carboxylic acids is 2. The van der Waals surface area contributed by atoms with Gasteiger partial charge in [0.25, 0.3) is 5.91 Å². The van der Waals surface area contributed by atoms with Gasteiger partial charge < -0.3 is 15.0 Å². The summed E-state index contributed by atoms with van der Waals surface area (Å²) in [6.45, 7) is 2.01. The lowest BCUT2D eigenvalue weighted by atomic mass is 10.0. The molecule has 1 atom stereocenters. The zero-order chi connectivity index (χ0) is 18.7. The molecule has 136 valence electrons. The molecule has 0 saturated carbocycles. The average molecular weight is 500 g/mol. The Labute approximate surface area is 171 Å². The van der Waals surface area contributed by atoms with Crippen molar-refractivity contribution in [3.8, 4) is 0 Å². The Bertz CT molecular complexity index is 931. The largest absolute Gasteiger partial charge is 0.464 e. The van der Waals surface area contributed by atoms with E-state index in [0.717, 1.165) is 24.7 Å². The minimum Gasteiger partial charge on any atom is -0.464 e. The summed E-state index contributed by atoms with van der Waals surface area (Å²) in [4.78, 5) is 28.6. The monoisotopic (exact) mass is 498 g/mol. The molecule has 0 fully saturated rings. The van der Waals surface area contributed by atoms with Crippen molar-refractivity contribution in [3.63, 3.8) is 0 Å². The van der Waals surface area contributed by atoms with Crippen LogP contribution in [0.1, 0.15) is 22.2 Å². The second-order valence-electron chi connectivity index (χ2n) is 5.57. The van der Waals surface area contributed by atoms with Crippen LogP contribution in [-0.2, 0) is 16.0 Å². The lowest BCUT2D eigenvalue weighted by molar-refractivity contribution is -0.145. The Balaban J connectivity index is 1.83. The van der Waals surface area contributed by atoms with E-state index in [1.165, 1.54) is 11.3 Å². The fourth-order valence-electron chi connectivity index (χ4n) is 2.64. The number of halogens is 2. The van der Waals surface area contributed by atoms with Crippen LogP contribution in [0, 0.1) is 0 Å². The second kappa shape index (κ2) is 8.37. The fraction of sp³-hybridized carbons (Fsp3) is 0.222. The number of aromatic nitrogens is 1. The van der Waals surface area contributed by atoms with Gasteiger partial charge in [-0.25, -0.2) is 4.79 Å². The Morgan fingerprint density at radius 3 is 2.77 bits per heavy atom. The molecule has 0 aliphatic heterocycles. The molecule has 0 radical (unpaired) electrons. The molecule has 1 unspecified atom stereocenters. The van der Waals surface area contributed by atoms with Crippen molar-refractivity contribution in [2.45, 2.75) is 19.4 Å². The van der Waals surface area contributed by atoms with Crippen LogP contribution in [0.4, 0.5) is 0 Å². The highest BCUT2D eigenvalue weighted by Crippen LogP contribution is 2.32. The number of H-pyrrole nitrogens is 1. The van der Waals surface area contributed by atoms with Crippen molar-refractivity contribution in [1.82, 2.24) is 10.3 Å². The standard InChI is InChI=1S/C18H16Br2N2O3S/c1-2-25-18(24)14(22-17(23)15-8-12(19)16(20)26-15)7-10-9-21-13-6-4-3-5-11(10)13/h3-6,8-9,14,21H,2,7H2,1H3,(H,22,23). The van der Waals surface area contributed by atoms with Gasteiger partial charge in [-0.3, -0.25) is 4.79 Å². The number of hydrogen-bond donors (Lipinski definition) is 2. The molecule has 3 aromatic rings. The van der Waals surface area contributed by atoms with E-state index < -0.39 is 12.0 Å². The molecule has 0 aliphatic rings. The topological polar surface area (TPSA) is 71.2 Å². The number of fused-ring (bicyclic) bond motifs is 1. The second-order valence-corrected chi connectivity index (χ2v) is 8.80. The molecule has 2 heterocycles. The van der Waals surface area contributed by atoms with Crippen LogP contribution in [-0.4, -0.2) is 29.5 Å². The smallest absolute Gasteiger partial charge is 0.328 e. The summed E-state index contributed by atoms with van der Waals surface area (Å²) in [5.41, 5.74) is 1.94. The van der Waals surface area contributed by atoms with Gasteiger partial charge in [0.2, 0.25) is 0 Å². The van der Waals surface area contributed by atoms with Gasteiger partial charge in [0, 0.05) is 28.0 Å². The molecule has 0 saturated heterocycles. The van der Waals surface area contributed by atoms with E-state index in [2.05, 4.69) is 42.2 Å². The molecule has 0 bridgehead atoms. The number of ether oxygens (including phenoxy) is 1. The summed E-state index contributed by atoms with van der Waals surface area (Å²) in [7, 11) is 0. The zero-order valence-corrected chi connectivity index (χ0v) is 17.8. The van der Waals surface area contributed by atoms with Crippen molar-refractivity contribution in [2.75, 3.05) is 6.61 Å². The van der Waals surface area contributed by atoms with Crippen LogP contribution in [0.25, 0.3) is 10.9 Å². The first-order valence-corrected chi connectivity index (χ1v) is 10.4. The van der Waals surface area contributed by atoms with Crippen molar-refractivity contribution in [1.29, 1.82) is 0 Å². The number of carbonyl (C=O) groups is 2. The van der Waals surface area contributed by atoms with Gasteiger partial charge in [-0.15, -0.1) is 11.3 Å². The predicted octanol–water partition coefficient (Wildman–Crippen LogP) is 4.66. The van der Waals surface area contributed by atoms with Crippen LogP contribution >= 0.6 is 43.2 Å². The number of nitrogens with one attached hydrogen (secondary N) is 2. The molecular formula is C18H16Br2N2O3S. The van der Waals surface area contributed by atoms with E-state index in [1.807, 2.05) is 30.5 Å². The first kappa shape index (κ1) is 19.1. The molecule has 1 amide bonds. The molecule has 1 aromatic carbocycles. The Morgan fingerprint density at radius 2 is 2.08 bits per heavy atom. The zero-order valence-electron chi connectivity index (χ0n) is 13.8. The third-order valence-corrected chi connectivity index (χ3v) is 7.10. The van der Waals surface area contributed by atoms with Gasteiger partial charge in [-0.1, -0.05) is 18.2 Å². The van der Waals surface area contributed by atoms with Crippen molar-refractivity contribution < 1.29 is 14.3 Å². The molecule has 2 N–H and O–H groups in total. The van der Waals surface area contributed by atoms with Gasteiger partial charge in [0.15, 0.2) is 0 Å². The number of amides is 1. The van der Waals surface area contributed by atoms with Crippen molar-refractivity contribution >= 4 is 66.0 Å². The minimum absolute atomic E-state index is 0.259. The SMILES string of the molecule is CCOC(=O)C(Cc1c[nH]c2ccccc12)NC(=O)c1cc(Br)c(Br)s1. The Hall–Kier alpha value is -1.64. The predicted molar refractivity (Wildman–Crippen MR) is 110 cm³/mol. The number of hydrogen-bond acceptors (Lipinski definition) is 4. The highest BCUT2D eigenvalue weighted by molar-refractivity contribution is 9.13. The van der Waals surface area contributed by atoms with Crippen molar-refractivity contribution in [3.05, 3.63) is 55.2 Å². The molecule has 5 nitrogen and oxygen atoms in total. The van der Waals surface area contributed by atoms with Crippen LogP contribution in [0.5, 0.6) is 0 Å². The maximum absolute atomic E-state index is 12.6. The first-order chi connectivity index (χ1) is 12.5. The highest BCUT2D eigenvalue weighted by atomic mass is 79.9. The van der Waals surface area contributed by atoms with E-state index >= 15 is 0 Å². The van der Waals surface area contributed by atoms with E-state index in [9.17, 15) is 9.59 Å². The van der Waals surface area contributed by atoms with Gasteiger partial charge in [0.1, 0.15) is 6.04 Å². The van der Waals surface area contributed by atoms with E-state index in [4.69, 9.17) is 4.74 Å². The first-order valence-electron chi connectivity index (χ1n) is 7.97. The van der Waals surface area contributed by atoms with Crippen LogP contribution in [0.2, 0.25) is 0 Å². The molecule has 26 heavy (non-hydrogen) atoms. The summed E-state index contributed by atoms with van der Waals surface area (Å²) < 4.78 is 6.78. The molecule has 0 spiro atoms. The fourth-order valence-corrected chi connectivity index (χ4v) is 4.58. The summed E-state index contributed by atoms with van der Waals surface area (Å²) in [5.74, 6) is -0.750. The van der Waals surface area contributed by atoms with Crippen LogP contribution in [0.3, 0.4) is 0 Å². The number of benzene rings is 1. The average Bonchev–Trinajstić information content (AvgIpc) is 3.18. The quantitative estimate of drug-likeness (QED) is 0.484. The maximum Gasteiger partial charge on any atom is 0.328 e. The number of thiophene rings is 1. The number of rotatable bonds is 6. The Kier molecular flexibility index (Phi) is 6.16. The lowest BCUT2D eigenvalue weighted by Gasteiger charge is -2.16. The third-order valence-electron chi connectivity index (χ3n) is 3.84. The third kappa shape index (κ3) is 4.19. The van der Waals surface area contributed by atoms with Gasteiger partial charge in [0.05, 0.1) is 15.3 Å². The van der Waals surface area contributed by atoms with Gasteiger partial charge in [-0.2, -0.15) is 0 Å². The van der Waals surface area contributed by atoms with Crippen molar-refractivity contribution in [2.24, 2.45) is 0 Å². The summed E-state index contributed by atoms with van der Waals surface area (Å²) in [6.07, 6.45) is 2.21. The summed E-state index contributed by atoms with van der Waals surface area (Å²) in [6, 6.07) is 8.80. The van der Waals surface area contributed by atoms with Crippen LogP contribution in [0.15, 0.2) is 44.8 Å². The summed E-state index contributed by atoms with van der Waals surface area (Å²) in [5, 5.41) is 3.83. The van der Waals surface area contributed by atoms with Crippen LogP contribution < -0.4 is 5.32 Å². The van der Waals surface area contributed by atoms with E-state index in [0.29, 0.717) is 11.3 Å². The molecule has 3 rings (SSSR count). The normalized spacial score (nSPS) is 12.1. The maximum atomic E-state index is 12.6. The minimum atomic E-state index is -0.763. The molecule has 8 heteroatoms. The number of aromatic amines is 1. The summed E-state index contributed by atoms with van der Waals surface area (Å²) >= 11 is 8.04. The van der Waals surface area contributed by atoms with E-state index in [1.54, 1.807) is 13.0 Å². The highest BCUT2D eigenvalue weighted by Gasteiger charge is 2.25. The molecule has 2 aromatic heterocycles. The Morgan fingerprint density at radius 1 is 1.31 bits per heavy atom. The lowest BCUT2D eigenvalue weighted by Crippen LogP contribution is -2.43. The molecular weight excluding hydrogens is 484 g/mol. The number of esters is 1.